The second-order valence-corrected chi connectivity index (χ2v) is 10.5. The van der Waals surface area contributed by atoms with Crippen LogP contribution in [0.4, 0.5) is 0 Å². The van der Waals surface area contributed by atoms with Gasteiger partial charge in [0, 0.05) is 26.6 Å². The summed E-state index contributed by atoms with van der Waals surface area (Å²) in [6.07, 6.45) is 4.41. The Hall–Kier alpha value is -0.620. The van der Waals surface area contributed by atoms with Crippen LogP contribution in [-0.4, -0.2) is 38.7 Å². The van der Waals surface area contributed by atoms with Gasteiger partial charge in [0.05, 0.1) is 12.3 Å². The standard InChI is InChI=1S/C17H26O7P2/c1-7-15-14(4)17(24-26(19,21-6)23-15)10-8-9-16-13(3)12(2)11-25(18,20-5)22-16/h1,12-17H,10-11H2,2-6H3. The molecule has 0 N–H and O–H groups in total. The van der Waals surface area contributed by atoms with Crippen molar-refractivity contribution in [2.24, 2.45) is 17.8 Å². The lowest BCUT2D eigenvalue weighted by Gasteiger charge is -2.36. The monoisotopic (exact) mass is 404 g/mol. The second kappa shape index (κ2) is 8.59. The van der Waals surface area contributed by atoms with Crippen LogP contribution in [0.5, 0.6) is 0 Å². The number of phosphoric acid groups is 1. The maximum Gasteiger partial charge on any atom is 0.476 e. The molecule has 8 atom stereocenters. The molecule has 2 aliphatic rings. The van der Waals surface area contributed by atoms with Gasteiger partial charge >= 0.3 is 15.4 Å². The van der Waals surface area contributed by atoms with E-state index in [9.17, 15) is 9.13 Å². The molecule has 0 radical (unpaired) electrons. The summed E-state index contributed by atoms with van der Waals surface area (Å²) in [5.74, 6) is 8.53. The SMILES string of the molecule is C#CC1OP(=O)(OC)OC(CC#CC2OP(=O)(OC)CC(C)C2C)C1C. The van der Waals surface area contributed by atoms with Crippen molar-refractivity contribution >= 4 is 15.4 Å². The number of phosphoric ester groups is 1. The first-order valence-corrected chi connectivity index (χ1v) is 11.7. The van der Waals surface area contributed by atoms with Crippen molar-refractivity contribution in [2.75, 3.05) is 20.4 Å². The third-order valence-electron chi connectivity index (χ3n) is 4.95. The van der Waals surface area contributed by atoms with Crippen LogP contribution in [0, 0.1) is 41.9 Å². The van der Waals surface area contributed by atoms with Crippen molar-refractivity contribution in [3.05, 3.63) is 0 Å². The van der Waals surface area contributed by atoms with Crippen molar-refractivity contribution < 1.29 is 31.7 Å². The van der Waals surface area contributed by atoms with Crippen molar-refractivity contribution in [3.8, 4) is 24.2 Å². The van der Waals surface area contributed by atoms with Crippen molar-refractivity contribution in [1.29, 1.82) is 0 Å². The van der Waals surface area contributed by atoms with Gasteiger partial charge in [-0.05, 0) is 11.8 Å². The molecule has 7 nitrogen and oxygen atoms in total. The van der Waals surface area contributed by atoms with Gasteiger partial charge in [-0.15, -0.1) is 6.42 Å². The summed E-state index contributed by atoms with van der Waals surface area (Å²) in [4.78, 5) is 0. The minimum absolute atomic E-state index is 0.108. The minimum Gasteiger partial charge on any atom is -0.312 e. The highest BCUT2D eigenvalue weighted by molar-refractivity contribution is 7.53. The van der Waals surface area contributed by atoms with E-state index in [1.54, 1.807) is 0 Å². The zero-order valence-electron chi connectivity index (χ0n) is 15.7. The molecule has 26 heavy (non-hydrogen) atoms. The second-order valence-electron chi connectivity index (χ2n) is 6.69. The molecule has 8 unspecified atom stereocenters. The summed E-state index contributed by atoms with van der Waals surface area (Å²) >= 11 is 0. The van der Waals surface area contributed by atoms with Crippen LogP contribution < -0.4 is 0 Å². The van der Waals surface area contributed by atoms with Crippen LogP contribution in [-0.2, 0) is 31.7 Å². The van der Waals surface area contributed by atoms with Crippen molar-refractivity contribution in [1.82, 2.24) is 0 Å². The normalized spacial score (nSPS) is 46.0. The molecule has 0 amide bonds. The Labute approximate surface area is 155 Å². The summed E-state index contributed by atoms with van der Waals surface area (Å²) in [6.45, 7) is 5.85. The molecule has 2 heterocycles. The number of hydrogen-bond donors (Lipinski definition) is 0. The van der Waals surface area contributed by atoms with E-state index in [1.807, 2.05) is 20.8 Å². The zero-order chi connectivity index (χ0) is 19.5. The largest absolute Gasteiger partial charge is 0.476 e. The topological polar surface area (TPSA) is 80.3 Å². The van der Waals surface area contributed by atoms with Gasteiger partial charge < -0.3 is 4.52 Å². The first-order chi connectivity index (χ1) is 12.2. The highest BCUT2D eigenvalue weighted by Crippen LogP contribution is 2.57. The van der Waals surface area contributed by atoms with Crippen LogP contribution in [0.15, 0.2) is 0 Å². The van der Waals surface area contributed by atoms with Crippen LogP contribution in [0.25, 0.3) is 0 Å². The van der Waals surface area contributed by atoms with E-state index in [0.29, 0.717) is 6.16 Å². The van der Waals surface area contributed by atoms with Gasteiger partial charge in [0.15, 0.2) is 0 Å². The first kappa shape index (κ1) is 21.7. The van der Waals surface area contributed by atoms with Gasteiger partial charge in [-0.25, -0.2) is 4.57 Å². The molecule has 0 aromatic heterocycles. The van der Waals surface area contributed by atoms with Gasteiger partial charge in [0.2, 0.25) is 0 Å². The molecule has 146 valence electrons. The predicted octanol–water partition coefficient (Wildman–Crippen LogP) is 3.70. The van der Waals surface area contributed by atoms with E-state index >= 15 is 0 Å². The van der Waals surface area contributed by atoms with Gasteiger partial charge in [0.1, 0.15) is 12.2 Å². The molecule has 2 aliphatic heterocycles. The molecule has 0 aliphatic carbocycles. The lowest BCUT2D eigenvalue weighted by Crippen LogP contribution is -2.37. The van der Waals surface area contributed by atoms with Crippen molar-refractivity contribution in [2.45, 2.75) is 45.5 Å². The van der Waals surface area contributed by atoms with E-state index in [1.165, 1.54) is 14.2 Å². The fourth-order valence-corrected chi connectivity index (χ4v) is 6.17. The molecule has 2 saturated heterocycles. The maximum absolute atomic E-state index is 12.5. The lowest BCUT2D eigenvalue weighted by atomic mass is 9.91. The summed E-state index contributed by atoms with van der Waals surface area (Å²) in [5, 5.41) is 0. The van der Waals surface area contributed by atoms with E-state index in [-0.39, 0.29) is 24.2 Å². The third kappa shape index (κ3) is 4.80. The molecule has 9 heteroatoms. The predicted molar refractivity (Wildman–Crippen MR) is 97.4 cm³/mol. The fraction of sp³-hybridized carbons (Fsp3) is 0.765. The number of rotatable bonds is 3. The smallest absolute Gasteiger partial charge is 0.312 e. The van der Waals surface area contributed by atoms with E-state index in [2.05, 4.69) is 17.8 Å². The highest BCUT2D eigenvalue weighted by atomic mass is 31.2. The van der Waals surface area contributed by atoms with Crippen LogP contribution in [0.3, 0.4) is 0 Å². The minimum atomic E-state index is -3.69. The molecule has 2 fully saturated rings. The summed E-state index contributed by atoms with van der Waals surface area (Å²) in [6, 6.07) is 0. The summed E-state index contributed by atoms with van der Waals surface area (Å²) < 4.78 is 51.0. The molecule has 0 aromatic rings. The Kier molecular flexibility index (Phi) is 7.16. The van der Waals surface area contributed by atoms with E-state index < -0.39 is 33.7 Å². The lowest BCUT2D eigenvalue weighted by molar-refractivity contribution is -0.0219. The third-order valence-corrected chi connectivity index (χ3v) is 8.53. The number of hydrogen-bond acceptors (Lipinski definition) is 7. The van der Waals surface area contributed by atoms with Crippen LogP contribution in [0.1, 0.15) is 27.2 Å². The van der Waals surface area contributed by atoms with E-state index in [0.717, 1.165) is 0 Å². The first-order valence-electron chi connectivity index (χ1n) is 8.47. The van der Waals surface area contributed by atoms with E-state index in [4.69, 9.17) is 29.0 Å². The van der Waals surface area contributed by atoms with Gasteiger partial charge in [-0.3, -0.25) is 22.7 Å². The number of terminal acetylenes is 1. The zero-order valence-corrected chi connectivity index (χ0v) is 17.5. The molecule has 0 aromatic carbocycles. The molecule has 0 saturated carbocycles. The summed E-state index contributed by atoms with van der Waals surface area (Å²) in [7, 11) is -4.17. The molecular weight excluding hydrogens is 378 g/mol. The quantitative estimate of drug-likeness (QED) is 0.524. The van der Waals surface area contributed by atoms with Gasteiger partial charge in [-0.1, -0.05) is 38.5 Å². The van der Waals surface area contributed by atoms with Crippen LogP contribution in [0.2, 0.25) is 0 Å². The highest BCUT2D eigenvalue weighted by Gasteiger charge is 2.44. The van der Waals surface area contributed by atoms with Gasteiger partial charge in [0.25, 0.3) is 0 Å². The molecule has 0 spiro atoms. The Bertz CT molecular complexity index is 704. The Morgan fingerprint density at radius 2 is 1.73 bits per heavy atom. The Balaban J connectivity index is 2.11. The fourth-order valence-electron chi connectivity index (χ4n) is 2.87. The molecular formula is C17H26O7P2. The Morgan fingerprint density at radius 1 is 1.04 bits per heavy atom. The maximum atomic E-state index is 12.5. The van der Waals surface area contributed by atoms with Crippen LogP contribution >= 0.6 is 15.4 Å². The molecule has 2 rings (SSSR count). The average molecular weight is 404 g/mol. The molecule has 0 bridgehead atoms. The average Bonchev–Trinajstić information content (AvgIpc) is 2.61. The Morgan fingerprint density at radius 3 is 2.31 bits per heavy atom. The summed E-state index contributed by atoms with van der Waals surface area (Å²) in [5.41, 5.74) is 0. The van der Waals surface area contributed by atoms with Crippen molar-refractivity contribution in [3.63, 3.8) is 0 Å². The van der Waals surface area contributed by atoms with Gasteiger partial charge in [-0.2, -0.15) is 0 Å².